The van der Waals surface area contributed by atoms with Crippen LogP contribution in [-0.2, 0) is 26.2 Å². The molecule has 2 aromatic heterocycles. The molecular weight excluding hydrogens is 233 g/mol. The van der Waals surface area contributed by atoms with Gasteiger partial charge in [-0.2, -0.15) is 23.4 Å². The summed E-state index contributed by atoms with van der Waals surface area (Å²) in [7, 11) is 1.79. The van der Waals surface area contributed by atoms with Crippen LogP contribution in [0.2, 0.25) is 0 Å². The summed E-state index contributed by atoms with van der Waals surface area (Å²) in [5.41, 5.74) is 0.0940. The quantitative estimate of drug-likeness (QED) is 0.826. The summed E-state index contributed by atoms with van der Waals surface area (Å²) in [5.74, 6) is 0. The van der Waals surface area contributed by atoms with Gasteiger partial charge in [-0.1, -0.05) is 0 Å². The molecule has 2 rings (SSSR count). The third-order valence-corrected chi connectivity index (χ3v) is 2.45. The maximum absolute atomic E-state index is 12.3. The zero-order chi connectivity index (χ0) is 12.5. The Morgan fingerprint density at radius 2 is 2.06 bits per heavy atom. The molecule has 0 saturated heterocycles. The predicted octanol–water partition coefficient (Wildman–Crippen LogP) is 1.88. The van der Waals surface area contributed by atoms with Gasteiger partial charge in [0.1, 0.15) is 0 Å². The fraction of sp³-hybridized carbons (Fsp3) is 0.400. The molecule has 0 fully saturated rings. The normalized spacial score (nSPS) is 12.0. The first kappa shape index (κ1) is 11.7. The van der Waals surface area contributed by atoms with Gasteiger partial charge in [0.2, 0.25) is 0 Å². The maximum atomic E-state index is 12.3. The van der Waals surface area contributed by atoms with Gasteiger partial charge in [-0.05, 0) is 12.1 Å². The molecule has 0 unspecified atom stereocenters. The van der Waals surface area contributed by atoms with Crippen molar-refractivity contribution in [2.75, 3.05) is 0 Å². The Bertz CT molecular complexity index is 498. The molecule has 17 heavy (non-hydrogen) atoms. The van der Waals surface area contributed by atoms with E-state index in [0.717, 1.165) is 11.8 Å². The van der Waals surface area contributed by atoms with Gasteiger partial charge in [-0.3, -0.25) is 9.36 Å². The van der Waals surface area contributed by atoms with Gasteiger partial charge in [0.25, 0.3) is 0 Å². The number of alkyl halides is 3. The second kappa shape index (κ2) is 4.23. The van der Waals surface area contributed by atoms with Crippen LogP contribution in [0.25, 0.3) is 0 Å². The molecule has 0 bridgehead atoms. The Kier molecular flexibility index (Phi) is 2.91. The van der Waals surface area contributed by atoms with Gasteiger partial charge in [-0.25, -0.2) is 0 Å². The largest absolute Gasteiger partial charge is 0.435 e. The maximum Gasteiger partial charge on any atom is 0.435 e. The van der Waals surface area contributed by atoms with Crippen LogP contribution in [0.1, 0.15) is 11.4 Å². The van der Waals surface area contributed by atoms with Crippen LogP contribution >= 0.6 is 0 Å². The summed E-state index contributed by atoms with van der Waals surface area (Å²) in [4.78, 5) is 0. The highest BCUT2D eigenvalue weighted by atomic mass is 19.4. The molecule has 0 N–H and O–H groups in total. The van der Waals surface area contributed by atoms with Crippen molar-refractivity contribution in [2.24, 2.45) is 7.05 Å². The number of aryl methyl sites for hydroxylation is 3. The van der Waals surface area contributed by atoms with Crippen molar-refractivity contribution in [3.05, 3.63) is 35.9 Å². The second-order valence-electron chi connectivity index (χ2n) is 3.66. The van der Waals surface area contributed by atoms with Crippen molar-refractivity contribution < 1.29 is 13.2 Å². The smallest absolute Gasteiger partial charge is 0.273 e. The third-order valence-electron chi connectivity index (χ3n) is 2.45. The van der Waals surface area contributed by atoms with Crippen LogP contribution in [-0.4, -0.2) is 19.6 Å². The average Bonchev–Trinajstić information content (AvgIpc) is 2.82. The average molecular weight is 244 g/mol. The number of nitrogens with zero attached hydrogens (tertiary/aromatic N) is 4. The summed E-state index contributed by atoms with van der Waals surface area (Å²) in [6.45, 7) is 0.398. The van der Waals surface area contributed by atoms with Crippen molar-refractivity contribution in [2.45, 2.75) is 19.1 Å². The molecule has 0 radical (unpaired) electrons. The van der Waals surface area contributed by atoms with E-state index in [2.05, 4.69) is 10.2 Å². The first-order chi connectivity index (χ1) is 7.97. The zero-order valence-electron chi connectivity index (χ0n) is 9.15. The molecule has 0 aliphatic heterocycles. The van der Waals surface area contributed by atoms with E-state index in [1.165, 1.54) is 10.9 Å². The van der Waals surface area contributed by atoms with Crippen molar-refractivity contribution in [1.82, 2.24) is 19.6 Å². The Morgan fingerprint density at radius 1 is 1.29 bits per heavy atom. The minimum absolute atomic E-state index is 0.398. The molecule has 0 aromatic carbocycles. The number of hydrogen-bond donors (Lipinski definition) is 0. The van der Waals surface area contributed by atoms with E-state index >= 15 is 0 Å². The Hall–Kier alpha value is -1.79. The highest BCUT2D eigenvalue weighted by Gasteiger charge is 2.33. The first-order valence-corrected chi connectivity index (χ1v) is 5.04. The predicted molar refractivity (Wildman–Crippen MR) is 54.1 cm³/mol. The Balaban J connectivity index is 2.01. The standard InChI is InChI=1S/C10H11F3N4/c1-16-8(2-5-14-16)3-6-17-7-4-9(15-17)10(11,12)13/h2,4-5,7H,3,6H2,1H3. The van der Waals surface area contributed by atoms with E-state index in [4.69, 9.17) is 0 Å². The number of halogens is 3. The lowest BCUT2D eigenvalue weighted by molar-refractivity contribution is -0.141. The molecule has 2 aromatic rings. The van der Waals surface area contributed by atoms with Gasteiger partial charge in [0, 0.05) is 38.1 Å². The fourth-order valence-corrected chi connectivity index (χ4v) is 1.51. The van der Waals surface area contributed by atoms with E-state index in [-0.39, 0.29) is 0 Å². The zero-order valence-corrected chi connectivity index (χ0v) is 9.15. The van der Waals surface area contributed by atoms with Gasteiger partial charge in [-0.15, -0.1) is 0 Å². The third kappa shape index (κ3) is 2.66. The van der Waals surface area contributed by atoms with Crippen molar-refractivity contribution in [3.63, 3.8) is 0 Å². The topological polar surface area (TPSA) is 35.6 Å². The minimum atomic E-state index is -4.38. The molecule has 2 heterocycles. The molecule has 0 amide bonds. The molecule has 92 valence electrons. The second-order valence-corrected chi connectivity index (χ2v) is 3.66. The first-order valence-electron chi connectivity index (χ1n) is 5.04. The van der Waals surface area contributed by atoms with E-state index in [1.807, 2.05) is 6.07 Å². The van der Waals surface area contributed by atoms with Gasteiger partial charge in [0.15, 0.2) is 5.69 Å². The van der Waals surface area contributed by atoms with E-state index in [9.17, 15) is 13.2 Å². The lowest BCUT2D eigenvalue weighted by atomic mass is 10.3. The Morgan fingerprint density at radius 3 is 2.59 bits per heavy atom. The minimum Gasteiger partial charge on any atom is -0.273 e. The van der Waals surface area contributed by atoms with Crippen molar-refractivity contribution in [3.8, 4) is 0 Å². The number of aromatic nitrogens is 4. The van der Waals surface area contributed by atoms with E-state index < -0.39 is 11.9 Å². The summed E-state index contributed by atoms with van der Waals surface area (Å²) >= 11 is 0. The number of hydrogen-bond acceptors (Lipinski definition) is 2. The lowest BCUT2D eigenvalue weighted by Crippen LogP contribution is -2.10. The molecular formula is C10H11F3N4. The van der Waals surface area contributed by atoms with Crippen molar-refractivity contribution >= 4 is 0 Å². The monoisotopic (exact) mass is 244 g/mol. The molecule has 0 aliphatic rings. The SMILES string of the molecule is Cn1nccc1CCn1ccc(C(F)(F)F)n1. The van der Waals surface area contributed by atoms with Gasteiger partial charge >= 0.3 is 6.18 Å². The Labute approximate surface area is 95.7 Å². The van der Waals surface area contributed by atoms with Crippen LogP contribution in [0.4, 0.5) is 13.2 Å². The van der Waals surface area contributed by atoms with Crippen LogP contribution in [0.3, 0.4) is 0 Å². The van der Waals surface area contributed by atoms with Crippen LogP contribution in [0.15, 0.2) is 24.5 Å². The molecule has 4 nitrogen and oxygen atoms in total. The summed E-state index contributed by atoms with van der Waals surface area (Å²) in [5, 5.41) is 7.45. The molecule has 0 atom stereocenters. The molecule has 0 aliphatic carbocycles. The van der Waals surface area contributed by atoms with E-state index in [0.29, 0.717) is 13.0 Å². The van der Waals surface area contributed by atoms with Crippen LogP contribution in [0.5, 0.6) is 0 Å². The highest BCUT2D eigenvalue weighted by molar-refractivity contribution is 5.04. The molecule has 0 spiro atoms. The lowest BCUT2D eigenvalue weighted by Gasteiger charge is -2.03. The summed E-state index contributed by atoms with van der Waals surface area (Å²) in [6, 6.07) is 2.80. The van der Waals surface area contributed by atoms with Crippen LogP contribution in [0, 0.1) is 0 Å². The summed E-state index contributed by atoms with van der Waals surface area (Å²) < 4.78 is 39.8. The highest BCUT2D eigenvalue weighted by Crippen LogP contribution is 2.27. The molecule has 0 saturated carbocycles. The number of rotatable bonds is 3. The van der Waals surface area contributed by atoms with Gasteiger partial charge < -0.3 is 0 Å². The van der Waals surface area contributed by atoms with Crippen LogP contribution < -0.4 is 0 Å². The fourth-order valence-electron chi connectivity index (χ4n) is 1.51. The molecule has 7 heteroatoms. The van der Waals surface area contributed by atoms with Crippen molar-refractivity contribution in [1.29, 1.82) is 0 Å². The van der Waals surface area contributed by atoms with E-state index in [1.54, 1.807) is 17.9 Å². The summed E-state index contributed by atoms with van der Waals surface area (Å²) in [6.07, 6.45) is -0.800. The van der Waals surface area contributed by atoms with Gasteiger partial charge in [0.05, 0.1) is 0 Å².